The largest absolute Gasteiger partial charge is 0.379 e. The summed E-state index contributed by atoms with van der Waals surface area (Å²) in [4.78, 5) is 11.6. The molecule has 0 bridgehead atoms. The van der Waals surface area contributed by atoms with Gasteiger partial charge in [-0.25, -0.2) is 23.5 Å². The summed E-state index contributed by atoms with van der Waals surface area (Å²) in [5.41, 5.74) is 5.45. The molecule has 0 atom stereocenters. The number of ether oxygens (including phenoxy) is 1. The minimum Gasteiger partial charge on any atom is -0.379 e. The third-order valence-electron chi connectivity index (χ3n) is 5.64. The lowest BCUT2D eigenvalue weighted by Crippen LogP contribution is -2.35. The highest BCUT2D eigenvalue weighted by atomic mass is 32.2. The van der Waals surface area contributed by atoms with Gasteiger partial charge in [0.05, 0.1) is 35.4 Å². The van der Waals surface area contributed by atoms with Crippen molar-refractivity contribution >= 4 is 43.2 Å². The number of fused-ring (bicyclic) bond motifs is 1. The van der Waals surface area contributed by atoms with Crippen molar-refractivity contribution in [1.82, 2.24) is 14.9 Å². The molecule has 0 spiro atoms. The molecule has 176 valence electrons. The van der Waals surface area contributed by atoms with E-state index in [2.05, 4.69) is 27.3 Å². The van der Waals surface area contributed by atoms with E-state index >= 15 is 0 Å². The van der Waals surface area contributed by atoms with Crippen LogP contribution in [0.4, 0.5) is 11.6 Å². The Morgan fingerprint density at radius 2 is 1.88 bits per heavy atom. The van der Waals surface area contributed by atoms with Crippen LogP contribution in [0.3, 0.4) is 0 Å². The lowest BCUT2D eigenvalue weighted by Gasteiger charge is -2.26. The van der Waals surface area contributed by atoms with E-state index in [1.165, 1.54) is 5.56 Å². The highest BCUT2D eigenvalue weighted by Gasteiger charge is 2.13. The first-order chi connectivity index (χ1) is 16.4. The number of sulfonamides is 1. The number of thiophene rings is 1. The number of aromatic nitrogens is 2. The van der Waals surface area contributed by atoms with Crippen molar-refractivity contribution in [3.63, 3.8) is 0 Å². The molecule has 4 aromatic rings. The summed E-state index contributed by atoms with van der Waals surface area (Å²) in [5, 5.41) is 10.5. The zero-order valence-electron chi connectivity index (χ0n) is 18.5. The van der Waals surface area contributed by atoms with Crippen LogP contribution < -0.4 is 10.5 Å². The van der Waals surface area contributed by atoms with E-state index in [9.17, 15) is 8.42 Å². The second kappa shape index (κ2) is 9.77. The van der Waals surface area contributed by atoms with Crippen LogP contribution in [0.2, 0.25) is 0 Å². The van der Waals surface area contributed by atoms with Crippen LogP contribution >= 0.6 is 11.3 Å². The van der Waals surface area contributed by atoms with E-state index in [-0.39, 0.29) is 5.75 Å². The molecule has 0 amide bonds. The van der Waals surface area contributed by atoms with E-state index in [1.807, 2.05) is 35.7 Å². The molecule has 2 aromatic carbocycles. The minimum atomic E-state index is -3.60. The molecule has 0 aliphatic carbocycles. The van der Waals surface area contributed by atoms with Crippen molar-refractivity contribution in [3.05, 3.63) is 71.2 Å². The lowest BCUT2D eigenvalue weighted by atomic mass is 10.1. The van der Waals surface area contributed by atoms with Gasteiger partial charge in [-0.05, 0) is 34.9 Å². The van der Waals surface area contributed by atoms with Crippen molar-refractivity contribution in [1.29, 1.82) is 0 Å². The molecule has 0 unspecified atom stereocenters. The molecule has 2 aromatic heterocycles. The molecule has 10 heteroatoms. The number of morpholine rings is 1. The third-order valence-corrected chi connectivity index (χ3v) is 7.28. The maximum atomic E-state index is 11.5. The first kappa shape index (κ1) is 22.9. The average Bonchev–Trinajstić information content (AvgIpc) is 3.23. The number of nitrogens with zero attached hydrogens (tertiary/aromatic N) is 3. The van der Waals surface area contributed by atoms with Gasteiger partial charge in [-0.3, -0.25) is 4.90 Å². The Kier molecular flexibility index (Phi) is 6.57. The van der Waals surface area contributed by atoms with Crippen LogP contribution in [0.15, 0.2) is 60.1 Å². The monoisotopic (exact) mass is 495 g/mol. The van der Waals surface area contributed by atoms with Gasteiger partial charge in [0.2, 0.25) is 16.0 Å². The summed E-state index contributed by atoms with van der Waals surface area (Å²) in [6, 6.07) is 15.7. The van der Waals surface area contributed by atoms with Gasteiger partial charge in [0, 0.05) is 36.3 Å². The molecule has 8 nitrogen and oxygen atoms in total. The SMILES string of the molecule is NS(=O)(=O)Cc1cccc(-c2csc3cnc(Nc4ccc(CN5CCOCC5)cc4)nc23)c1. The van der Waals surface area contributed by atoms with E-state index in [4.69, 9.17) is 14.9 Å². The number of anilines is 2. The molecule has 5 rings (SSSR count). The first-order valence-corrected chi connectivity index (χ1v) is 13.5. The molecular formula is C24H25N5O3S2. The molecule has 1 fully saturated rings. The molecule has 0 saturated carbocycles. The van der Waals surface area contributed by atoms with E-state index in [0.29, 0.717) is 11.5 Å². The second-order valence-electron chi connectivity index (χ2n) is 8.27. The van der Waals surface area contributed by atoms with Crippen LogP contribution in [0.1, 0.15) is 11.1 Å². The van der Waals surface area contributed by atoms with E-state index in [1.54, 1.807) is 23.6 Å². The number of nitrogens with one attached hydrogen (secondary N) is 1. The number of nitrogens with two attached hydrogens (primary N) is 1. The Morgan fingerprint density at radius 1 is 1.09 bits per heavy atom. The molecule has 1 aliphatic heterocycles. The predicted molar refractivity (Wildman–Crippen MR) is 135 cm³/mol. The topological polar surface area (TPSA) is 110 Å². The third kappa shape index (κ3) is 5.60. The van der Waals surface area contributed by atoms with Crippen molar-refractivity contribution in [3.8, 4) is 11.1 Å². The maximum Gasteiger partial charge on any atom is 0.227 e. The molecule has 3 N–H and O–H groups in total. The Balaban J connectivity index is 1.35. The molecule has 1 aliphatic rings. The van der Waals surface area contributed by atoms with Gasteiger partial charge in [0.25, 0.3) is 0 Å². The van der Waals surface area contributed by atoms with Gasteiger partial charge >= 0.3 is 0 Å². The standard InChI is InChI=1S/C24H25N5O3S2/c25-34(30,31)16-18-2-1-3-19(12-18)21-15-33-22-13-26-24(28-23(21)22)27-20-6-4-17(5-7-20)14-29-8-10-32-11-9-29/h1-7,12-13,15H,8-11,14,16H2,(H2,25,30,31)(H,26,27,28). The summed E-state index contributed by atoms with van der Waals surface area (Å²) >= 11 is 1.55. The molecule has 1 saturated heterocycles. The van der Waals surface area contributed by atoms with Gasteiger partial charge in [-0.1, -0.05) is 30.3 Å². The number of hydrogen-bond acceptors (Lipinski definition) is 8. The van der Waals surface area contributed by atoms with Crippen molar-refractivity contribution in [2.75, 3.05) is 31.6 Å². The predicted octanol–water partition coefficient (Wildman–Crippen LogP) is 3.72. The summed E-state index contributed by atoms with van der Waals surface area (Å²) in [5.74, 6) is 0.306. The van der Waals surface area contributed by atoms with Gasteiger partial charge in [0.15, 0.2) is 0 Å². The van der Waals surface area contributed by atoms with Gasteiger partial charge < -0.3 is 10.1 Å². The summed E-state index contributed by atoms with van der Waals surface area (Å²) < 4.78 is 29.4. The quantitative estimate of drug-likeness (QED) is 0.402. The average molecular weight is 496 g/mol. The van der Waals surface area contributed by atoms with Crippen LogP contribution in [0, 0.1) is 0 Å². The normalized spacial score (nSPS) is 15.0. The van der Waals surface area contributed by atoms with Gasteiger partial charge in [-0.15, -0.1) is 11.3 Å². The van der Waals surface area contributed by atoms with Crippen molar-refractivity contribution in [2.24, 2.45) is 5.14 Å². The van der Waals surface area contributed by atoms with E-state index < -0.39 is 10.0 Å². The molecule has 34 heavy (non-hydrogen) atoms. The smallest absolute Gasteiger partial charge is 0.227 e. The molecular weight excluding hydrogens is 470 g/mol. The number of benzene rings is 2. The van der Waals surface area contributed by atoms with E-state index in [0.717, 1.165) is 59.9 Å². The molecule has 3 heterocycles. The van der Waals surface area contributed by atoms with Crippen molar-refractivity contribution in [2.45, 2.75) is 12.3 Å². The zero-order valence-corrected chi connectivity index (χ0v) is 20.1. The number of rotatable bonds is 7. The Labute approximate surface area is 202 Å². The van der Waals surface area contributed by atoms with Gasteiger partial charge in [0.1, 0.15) is 0 Å². The maximum absolute atomic E-state index is 11.5. The summed E-state index contributed by atoms with van der Waals surface area (Å²) in [6.45, 7) is 4.42. The van der Waals surface area contributed by atoms with Crippen LogP contribution in [0.25, 0.3) is 21.3 Å². The summed E-state index contributed by atoms with van der Waals surface area (Å²) in [6.07, 6.45) is 1.81. The first-order valence-electron chi connectivity index (χ1n) is 10.9. The van der Waals surface area contributed by atoms with Crippen LogP contribution in [0.5, 0.6) is 0 Å². The fourth-order valence-electron chi connectivity index (χ4n) is 3.99. The van der Waals surface area contributed by atoms with Crippen molar-refractivity contribution < 1.29 is 13.2 Å². The zero-order chi connectivity index (χ0) is 23.5. The highest BCUT2D eigenvalue weighted by molar-refractivity contribution is 7.88. The summed E-state index contributed by atoms with van der Waals surface area (Å²) in [7, 11) is -3.60. The fourth-order valence-corrected chi connectivity index (χ4v) is 5.51. The Bertz CT molecular complexity index is 1400. The minimum absolute atomic E-state index is 0.202. The Hall–Kier alpha value is -2.89. The Morgan fingerprint density at radius 3 is 2.65 bits per heavy atom. The van der Waals surface area contributed by atoms with Crippen LogP contribution in [-0.2, 0) is 27.1 Å². The van der Waals surface area contributed by atoms with Crippen LogP contribution in [-0.4, -0.2) is 49.6 Å². The number of primary sulfonamides is 1. The molecule has 0 radical (unpaired) electrons. The highest BCUT2D eigenvalue weighted by Crippen LogP contribution is 2.33. The van der Waals surface area contributed by atoms with Gasteiger partial charge in [-0.2, -0.15) is 0 Å². The fraction of sp³-hybridized carbons (Fsp3) is 0.250. The lowest BCUT2D eigenvalue weighted by molar-refractivity contribution is 0.0342. The second-order valence-corrected chi connectivity index (χ2v) is 10.8. The number of hydrogen-bond donors (Lipinski definition) is 2.